The minimum Gasteiger partial charge on any atom is -0.369 e. The van der Waals surface area contributed by atoms with Gasteiger partial charge in [0.05, 0.1) is 0 Å². The molecule has 0 unspecified atom stereocenters. The maximum Gasteiger partial charge on any atom is 0.209 e. The van der Waals surface area contributed by atoms with Gasteiger partial charge in [-0.3, -0.25) is 0 Å². The Morgan fingerprint density at radius 3 is 2.26 bits per heavy atom. The Hall–Kier alpha value is -2.48. The van der Waals surface area contributed by atoms with Gasteiger partial charge in [0.15, 0.2) is 0 Å². The molecule has 100 valence electrons. The van der Waals surface area contributed by atoms with E-state index in [0.29, 0.717) is 5.96 Å². The number of guanidine groups is 1. The Kier molecular flexibility index (Phi) is 5.96. The smallest absolute Gasteiger partial charge is 0.209 e. The van der Waals surface area contributed by atoms with E-state index in [4.69, 9.17) is 11.0 Å². The number of anilines is 1. The van der Waals surface area contributed by atoms with E-state index in [1.54, 1.807) is 6.19 Å². The van der Waals surface area contributed by atoms with E-state index in [-0.39, 0.29) is 0 Å². The molecule has 0 radical (unpaired) electrons. The van der Waals surface area contributed by atoms with Crippen molar-refractivity contribution < 1.29 is 0 Å². The molecule has 2 rings (SSSR count). The molecule has 5 heteroatoms. The third kappa shape index (κ3) is 4.03. The van der Waals surface area contributed by atoms with Gasteiger partial charge in [0, 0.05) is 31.9 Å². The van der Waals surface area contributed by atoms with Gasteiger partial charge in [0.1, 0.15) is 0 Å². The lowest BCUT2D eigenvalue weighted by Gasteiger charge is -2.36. The van der Waals surface area contributed by atoms with Crippen molar-refractivity contribution in [3.05, 3.63) is 43.5 Å². The van der Waals surface area contributed by atoms with Crippen LogP contribution in [0.15, 0.2) is 48.5 Å². The molecular weight excluding hydrogens is 238 g/mol. The molecule has 1 aliphatic rings. The molecule has 0 bridgehead atoms. The lowest BCUT2D eigenvalue weighted by Crippen LogP contribution is -2.51. The van der Waals surface area contributed by atoms with Crippen molar-refractivity contribution in [1.29, 1.82) is 5.26 Å². The van der Waals surface area contributed by atoms with Crippen LogP contribution in [0.2, 0.25) is 0 Å². The van der Waals surface area contributed by atoms with Gasteiger partial charge in [-0.1, -0.05) is 18.2 Å². The van der Waals surface area contributed by atoms with Crippen LogP contribution in [0.4, 0.5) is 5.69 Å². The molecule has 0 aliphatic carbocycles. The van der Waals surface area contributed by atoms with Gasteiger partial charge in [-0.25, -0.2) is 0 Å². The van der Waals surface area contributed by atoms with Crippen molar-refractivity contribution in [1.82, 2.24) is 4.90 Å². The highest BCUT2D eigenvalue weighted by Crippen LogP contribution is 2.15. The molecule has 0 aromatic heterocycles. The van der Waals surface area contributed by atoms with E-state index in [0.717, 1.165) is 26.2 Å². The normalized spacial score (nSPS) is 15.2. The third-order valence-corrected chi connectivity index (χ3v) is 2.89. The van der Waals surface area contributed by atoms with Crippen LogP contribution in [-0.4, -0.2) is 37.0 Å². The van der Waals surface area contributed by atoms with Crippen molar-refractivity contribution in [2.75, 3.05) is 31.1 Å². The Labute approximate surface area is 114 Å². The summed E-state index contributed by atoms with van der Waals surface area (Å²) < 4.78 is 0. The molecule has 0 spiro atoms. The average molecular weight is 257 g/mol. The summed E-state index contributed by atoms with van der Waals surface area (Å²) >= 11 is 0. The van der Waals surface area contributed by atoms with Gasteiger partial charge in [-0.15, -0.1) is 18.2 Å². The predicted molar refractivity (Wildman–Crippen MR) is 78.7 cm³/mol. The first kappa shape index (κ1) is 14.6. The molecule has 19 heavy (non-hydrogen) atoms. The first-order valence-corrected chi connectivity index (χ1v) is 6.08. The van der Waals surface area contributed by atoms with Gasteiger partial charge in [0.2, 0.25) is 12.2 Å². The number of nitrogens with two attached hydrogens (primary N) is 1. The monoisotopic (exact) mass is 257 g/mol. The first-order chi connectivity index (χ1) is 9.31. The standard InChI is InChI=1S/C12H15N5.C2H4/c13-10-15-12(14)17-8-6-16(7-9-17)11-4-2-1-3-5-11;1-2/h1-5H,6-9H2,(H2,14,15);1-2H2. The zero-order valence-corrected chi connectivity index (χ0v) is 11.0. The molecule has 1 aromatic carbocycles. The van der Waals surface area contributed by atoms with E-state index < -0.39 is 0 Å². The molecule has 0 atom stereocenters. The molecule has 2 N–H and O–H groups in total. The summed E-state index contributed by atoms with van der Waals surface area (Å²) in [5.41, 5.74) is 6.90. The number of hydrogen-bond acceptors (Lipinski definition) is 3. The van der Waals surface area contributed by atoms with E-state index in [1.807, 2.05) is 23.1 Å². The highest BCUT2D eigenvalue weighted by atomic mass is 15.3. The number of para-hydroxylation sites is 1. The SMILES string of the molecule is C=C.N#CN=C(N)N1CCN(c2ccccc2)CC1. The number of nitrogens with zero attached hydrogens (tertiary/aromatic N) is 4. The number of hydrogen-bond donors (Lipinski definition) is 1. The minimum absolute atomic E-state index is 0.320. The summed E-state index contributed by atoms with van der Waals surface area (Å²) in [4.78, 5) is 7.79. The van der Waals surface area contributed by atoms with Crippen LogP contribution >= 0.6 is 0 Å². The van der Waals surface area contributed by atoms with Gasteiger partial charge >= 0.3 is 0 Å². The second kappa shape index (κ2) is 7.77. The van der Waals surface area contributed by atoms with Gasteiger partial charge in [-0.2, -0.15) is 5.26 Å². The predicted octanol–water partition coefficient (Wildman–Crippen LogP) is 1.41. The lowest BCUT2D eigenvalue weighted by atomic mass is 10.2. The molecule has 1 aliphatic heterocycles. The topological polar surface area (TPSA) is 68.6 Å². The van der Waals surface area contributed by atoms with Crippen LogP contribution in [0.5, 0.6) is 0 Å². The summed E-state index contributed by atoms with van der Waals surface area (Å²) in [6.07, 6.45) is 1.72. The highest BCUT2D eigenvalue weighted by Gasteiger charge is 2.18. The van der Waals surface area contributed by atoms with Gasteiger partial charge < -0.3 is 15.5 Å². The highest BCUT2D eigenvalue weighted by molar-refractivity contribution is 5.79. The molecular formula is C14H19N5. The van der Waals surface area contributed by atoms with E-state index >= 15 is 0 Å². The molecule has 1 fully saturated rings. The summed E-state index contributed by atoms with van der Waals surface area (Å²) in [5, 5.41) is 8.44. The number of piperazine rings is 1. The zero-order valence-electron chi connectivity index (χ0n) is 11.0. The molecule has 0 saturated carbocycles. The van der Waals surface area contributed by atoms with Crippen LogP contribution in [0, 0.1) is 11.5 Å². The molecule has 1 heterocycles. The molecule has 1 aromatic rings. The molecule has 0 amide bonds. The van der Waals surface area contributed by atoms with Crippen molar-refractivity contribution in [3.63, 3.8) is 0 Å². The second-order valence-electron chi connectivity index (χ2n) is 3.88. The number of aliphatic imine (C=N–C) groups is 1. The summed E-state index contributed by atoms with van der Waals surface area (Å²) in [7, 11) is 0. The van der Waals surface area contributed by atoms with Crippen molar-refractivity contribution in [2.24, 2.45) is 10.7 Å². The Morgan fingerprint density at radius 2 is 1.74 bits per heavy atom. The van der Waals surface area contributed by atoms with E-state index in [1.165, 1.54) is 5.69 Å². The fourth-order valence-electron chi connectivity index (χ4n) is 1.95. The van der Waals surface area contributed by atoms with Crippen molar-refractivity contribution in [3.8, 4) is 6.19 Å². The quantitative estimate of drug-likeness (QED) is 0.357. The fourth-order valence-corrected chi connectivity index (χ4v) is 1.95. The van der Waals surface area contributed by atoms with Crippen LogP contribution in [0.3, 0.4) is 0 Å². The van der Waals surface area contributed by atoms with Gasteiger partial charge in [-0.05, 0) is 12.1 Å². The fraction of sp³-hybridized carbons (Fsp3) is 0.286. The summed E-state index contributed by atoms with van der Waals surface area (Å²) in [6, 6.07) is 10.3. The molecule has 1 saturated heterocycles. The van der Waals surface area contributed by atoms with E-state index in [9.17, 15) is 0 Å². The van der Waals surface area contributed by atoms with Crippen LogP contribution in [-0.2, 0) is 0 Å². The lowest BCUT2D eigenvalue weighted by molar-refractivity contribution is 0.382. The maximum absolute atomic E-state index is 8.44. The Bertz CT molecular complexity index is 441. The number of rotatable bonds is 1. The number of benzene rings is 1. The largest absolute Gasteiger partial charge is 0.369 e. The van der Waals surface area contributed by atoms with Gasteiger partial charge in [0.25, 0.3) is 0 Å². The molecule has 5 nitrogen and oxygen atoms in total. The number of nitriles is 1. The van der Waals surface area contributed by atoms with Crippen LogP contribution in [0.1, 0.15) is 0 Å². The maximum atomic E-state index is 8.44. The first-order valence-electron chi connectivity index (χ1n) is 6.08. The average Bonchev–Trinajstić information content (AvgIpc) is 2.51. The second-order valence-corrected chi connectivity index (χ2v) is 3.88. The Morgan fingerprint density at radius 1 is 1.16 bits per heavy atom. The summed E-state index contributed by atoms with van der Waals surface area (Å²) in [5.74, 6) is 0.320. The van der Waals surface area contributed by atoms with Crippen molar-refractivity contribution in [2.45, 2.75) is 0 Å². The van der Waals surface area contributed by atoms with Crippen LogP contribution in [0.25, 0.3) is 0 Å². The third-order valence-electron chi connectivity index (χ3n) is 2.89. The Balaban J connectivity index is 0.000000861. The summed E-state index contributed by atoms with van der Waals surface area (Å²) in [6.45, 7) is 9.38. The van der Waals surface area contributed by atoms with Crippen LogP contribution < -0.4 is 10.6 Å². The zero-order chi connectivity index (χ0) is 14.1. The minimum atomic E-state index is 0.320. The van der Waals surface area contributed by atoms with E-state index in [2.05, 4.69) is 35.2 Å². The van der Waals surface area contributed by atoms with Crippen molar-refractivity contribution >= 4 is 11.6 Å².